The number of carbonyl (C=O) groups excluding carboxylic acids is 1. The summed E-state index contributed by atoms with van der Waals surface area (Å²) in [6.07, 6.45) is 4.45. The number of aromatic nitrogens is 2. The Morgan fingerprint density at radius 3 is 2.89 bits per heavy atom. The number of rotatable bonds is 3. The van der Waals surface area contributed by atoms with Crippen molar-refractivity contribution in [3.05, 3.63) is 33.1 Å². The van der Waals surface area contributed by atoms with Gasteiger partial charge < -0.3 is 5.32 Å². The summed E-state index contributed by atoms with van der Waals surface area (Å²) >= 11 is 0. The van der Waals surface area contributed by atoms with E-state index in [0.29, 0.717) is 5.92 Å². The first-order valence-corrected chi connectivity index (χ1v) is 6.13. The van der Waals surface area contributed by atoms with E-state index in [1.807, 2.05) is 0 Å². The quantitative estimate of drug-likeness (QED) is 0.783. The molecule has 1 amide bonds. The highest BCUT2D eigenvalue weighted by molar-refractivity contribution is 5.76. The second-order valence-electron chi connectivity index (χ2n) is 4.92. The third-order valence-corrected chi connectivity index (χ3v) is 3.27. The number of nitrogens with zero attached hydrogens (tertiary/aromatic N) is 1. The summed E-state index contributed by atoms with van der Waals surface area (Å²) in [6, 6.07) is 1.44. The Morgan fingerprint density at radius 2 is 2.28 bits per heavy atom. The van der Waals surface area contributed by atoms with Crippen LogP contribution in [0.5, 0.6) is 0 Å². The molecule has 0 bridgehead atoms. The third kappa shape index (κ3) is 3.09. The maximum absolute atomic E-state index is 11.7. The van der Waals surface area contributed by atoms with Crippen LogP contribution in [0.4, 0.5) is 0 Å². The minimum Gasteiger partial charge on any atom is -0.352 e. The second kappa shape index (κ2) is 5.20. The van der Waals surface area contributed by atoms with E-state index in [-0.39, 0.29) is 18.5 Å². The Labute approximate surface area is 104 Å². The number of hydrogen-bond acceptors (Lipinski definition) is 3. The van der Waals surface area contributed by atoms with E-state index in [1.165, 1.54) is 16.8 Å². The molecule has 0 aliphatic heterocycles. The lowest BCUT2D eigenvalue weighted by Gasteiger charge is -2.12. The van der Waals surface area contributed by atoms with Crippen LogP contribution >= 0.6 is 0 Å². The van der Waals surface area contributed by atoms with Gasteiger partial charge in [-0.1, -0.05) is 6.92 Å². The van der Waals surface area contributed by atoms with Crippen molar-refractivity contribution in [1.29, 1.82) is 0 Å². The summed E-state index contributed by atoms with van der Waals surface area (Å²) in [7, 11) is 0. The van der Waals surface area contributed by atoms with Crippen LogP contribution in [0.3, 0.4) is 0 Å². The van der Waals surface area contributed by atoms with Crippen LogP contribution in [0, 0.1) is 5.92 Å². The molecule has 6 nitrogen and oxygen atoms in total. The Bertz CT molecular complexity index is 546. The molecule has 2 unspecified atom stereocenters. The van der Waals surface area contributed by atoms with Crippen molar-refractivity contribution in [2.75, 3.05) is 0 Å². The van der Waals surface area contributed by atoms with E-state index in [9.17, 15) is 14.4 Å². The van der Waals surface area contributed by atoms with E-state index in [0.717, 1.165) is 19.3 Å². The molecule has 2 N–H and O–H groups in total. The molecule has 18 heavy (non-hydrogen) atoms. The topological polar surface area (TPSA) is 84.0 Å². The standard InChI is InChI=1S/C12H17N3O3/c1-8-2-3-9(6-8)13-11(17)7-15-5-4-10(16)14-12(15)18/h4-5,8-9H,2-3,6-7H2,1H3,(H,13,17)(H,14,16,18). The fourth-order valence-corrected chi connectivity index (χ4v) is 2.33. The van der Waals surface area contributed by atoms with Gasteiger partial charge in [-0.25, -0.2) is 4.79 Å². The average Bonchev–Trinajstić information content (AvgIpc) is 2.68. The fourth-order valence-electron chi connectivity index (χ4n) is 2.33. The van der Waals surface area contributed by atoms with Gasteiger partial charge in [0.05, 0.1) is 0 Å². The van der Waals surface area contributed by atoms with Gasteiger partial charge in [-0.3, -0.25) is 19.1 Å². The van der Waals surface area contributed by atoms with Crippen molar-refractivity contribution >= 4 is 5.91 Å². The summed E-state index contributed by atoms with van der Waals surface area (Å²) < 4.78 is 1.19. The molecule has 1 fully saturated rings. The lowest BCUT2D eigenvalue weighted by molar-refractivity contribution is -0.122. The lowest BCUT2D eigenvalue weighted by atomic mass is 10.1. The van der Waals surface area contributed by atoms with Gasteiger partial charge in [-0.05, 0) is 25.2 Å². The summed E-state index contributed by atoms with van der Waals surface area (Å²) in [5.74, 6) is 0.453. The van der Waals surface area contributed by atoms with Crippen LogP contribution in [-0.4, -0.2) is 21.5 Å². The smallest absolute Gasteiger partial charge is 0.328 e. The molecule has 1 aromatic rings. The Morgan fingerprint density at radius 1 is 1.50 bits per heavy atom. The van der Waals surface area contributed by atoms with Crippen LogP contribution in [-0.2, 0) is 11.3 Å². The molecule has 98 valence electrons. The van der Waals surface area contributed by atoms with E-state index in [4.69, 9.17) is 0 Å². The van der Waals surface area contributed by atoms with Crippen molar-refractivity contribution in [3.8, 4) is 0 Å². The average molecular weight is 251 g/mol. The second-order valence-corrected chi connectivity index (χ2v) is 4.92. The largest absolute Gasteiger partial charge is 0.352 e. The minimum atomic E-state index is -0.558. The number of aromatic amines is 1. The highest BCUT2D eigenvalue weighted by Crippen LogP contribution is 2.24. The first-order chi connectivity index (χ1) is 8.54. The first kappa shape index (κ1) is 12.6. The number of nitrogens with one attached hydrogen (secondary N) is 2. The molecule has 0 spiro atoms. The van der Waals surface area contributed by atoms with Gasteiger partial charge >= 0.3 is 5.69 Å². The van der Waals surface area contributed by atoms with Gasteiger partial charge in [0.1, 0.15) is 6.54 Å². The number of amides is 1. The number of carbonyl (C=O) groups is 1. The minimum absolute atomic E-state index is 0.0551. The highest BCUT2D eigenvalue weighted by atomic mass is 16.2. The van der Waals surface area contributed by atoms with Crippen molar-refractivity contribution in [2.24, 2.45) is 5.92 Å². The fraction of sp³-hybridized carbons (Fsp3) is 0.583. The van der Waals surface area contributed by atoms with E-state index < -0.39 is 11.2 Å². The van der Waals surface area contributed by atoms with Crippen LogP contribution in [0.25, 0.3) is 0 Å². The maximum atomic E-state index is 11.7. The number of H-pyrrole nitrogens is 1. The van der Waals surface area contributed by atoms with Gasteiger partial charge in [0.2, 0.25) is 5.91 Å². The molecule has 1 heterocycles. The first-order valence-electron chi connectivity index (χ1n) is 6.13. The van der Waals surface area contributed by atoms with E-state index in [2.05, 4.69) is 17.2 Å². The van der Waals surface area contributed by atoms with Crippen LogP contribution in [0.1, 0.15) is 26.2 Å². The molecule has 1 aliphatic rings. The normalized spacial score (nSPS) is 22.9. The Hall–Kier alpha value is -1.85. The molecular formula is C12H17N3O3. The van der Waals surface area contributed by atoms with Gasteiger partial charge in [0, 0.05) is 18.3 Å². The molecule has 0 radical (unpaired) electrons. The molecule has 0 aromatic carbocycles. The summed E-state index contributed by atoms with van der Waals surface area (Å²) in [6.45, 7) is 2.11. The van der Waals surface area contributed by atoms with Crippen molar-refractivity contribution in [3.63, 3.8) is 0 Å². The summed E-state index contributed by atoms with van der Waals surface area (Å²) in [5, 5.41) is 2.91. The predicted octanol–water partition coefficient (Wildman–Crippen LogP) is -0.159. The van der Waals surface area contributed by atoms with Gasteiger partial charge in [-0.15, -0.1) is 0 Å². The summed E-state index contributed by atoms with van der Waals surface area (Å²) in [4.78, 5) is 36.1. The molecular weight excluding hydrogens is 234 g/mol. The molecule has 2 atom stereocenters. The van der Waals surface area contributed by atoms with E-state index in [1.54, 1.807) is 0 Å². The zero-order chi connectivity index (χ0) is 13.1. The zero-order valence-electron chi connectivity index (χ0n) is 10.3. The number of hydrogen-bond donors (Lipinski definition) is 2. The van der Waals surface area contributed by atoms with Gasteiger partial charge in [0.15, 0.2) is 0 Å². The zero-order valence-corrected chi connectivity index (χ0v) is 10.3. The molecule has 6 heteroatoms. The van der Waals surface area contributed by atoms with Crippen molar-refractivity contribution in [2.45, 2.75) is 38.8 Å². The van der Waals surface area contributed by atoms with Crippen molar-refractivity contribution in [1.82, 2.24) is 14.9 Å². The summed E-state index contributed by atoms with van der Waals surface area (Å²) in [5.41, 5.74) is -1.02. The van der Waals surface area contributed by atoms with Crippen LogP contribution < -0.4 is 16.6 Å². The van der Waals surface area contributed by atoms with Gasteiger partial charge in [-0.2, -0.15) is 0 Å². The maximum Gasteiger partial charge on any atom is 0.328 e. The SMILES string of the molecule is CC1CCC(NC(=O)Cn2ccc(=O)[nH]c2=O)C1. The monoisotopic (exact) mass is 251 g/mol. The van der Waals surface area contributed by atoms with Crippen LogP contribution in [0.15, 0.2) is 21.9 Å². The molecule has 1 aliphatic carbocycles. The Balaban J connectivity index is 1.95. The molecule has 0 saturated heterocycles. The van der Waals surface area contributed by atoms with Crippen molar-refractivity contribution < 1.29 is 4.79 Å². The molecule has 2 rings (SSSR count). The van der Waals surface area contributed by atoms with Crippen LogP contribution in [0.2, 0.25) is 0 Å². The predicted molar refractivity (Wildman–Crippen MR) is 66.3 cm³/mol. The Kier molecular flexibility index (Phi) is 3.64. The molecule has 1 aromatic heterocycles. The lowest BCUT2D eigenvalue weighted by Crippen LogP contribution is -2.39. The highest BCUT2D eigenvalue weighted by Gasteiger charge is 2.22. The molecule has 1 saturated carbocycles. The van der Waals surface area contributed by atoms with Gasteiger partial charge in [0.25, 0.3) is 5.56 Å². The van der Waals surface area contributed by atoms with E-state index >= 15 is 0 Å². The third-order valence-electron chi connectivity index (χ3n) is 3.27.